The molecule has 0 unspecified atom stereocenters. The van der Waals surface area contributed by atoms with E-state index in [1.807, 2.05) is 26.0 Å². The second-order valence-electron chi connectivity index (χ2n) is 6.28. The number of hydrogen-bond donors (Lipinski definition) is 1. The van der Waals surface area contributed by atoms with Crippen LogP contribution in [0.5, 0.6) is 0 Å². The first kappa shape index (κ1) is 17.8. The zero-order valence-electron chi connectivity index (χ0n) is 13.7. The van der Waals surface area contributed by atoms with E-state index in [1.54, 1.807) is 21.9 Å². The summed E-state index contributed by atoms with van der Waals surface area (Å²) in [5.41, 5.74) is 6.82. The number of nitrogens with zero attached hydrogens (tertiary/aromatic N) is 2. The number of piperazine rings is 1. The Morgan fingerprint density at radius 3 is 2.35 bits per heavy atom. The van der Waals surface area contributed by atoms with Gasteiger partial charge in [0.25, 0.3) is 0 Å². The molecule has 0 bridgehead atoms. The summed E-state index contributed by atoms with van der Waals surface area (Å²) >= 11 is 5.94. The van der Waals surface area contributed by atoms with Crippen LogP contribution in [0.2, 0.25) is 5.02 Å². The molecule has 2 N–H and O–H groups in total. The van der Waals surface area contributed by atoms with Gasteiger partial charge in [0.2, 0.25) is 11.8 Å². The maximum absolute atomic E-state index is 12.4. The standard InChI is InChI=1S/C17H24ClN3O2/c1-12(2)16(19)17(23)21-8-6-20(7-9-21)15(22)11-13-4-3-5-14(18)10-13/h3-5,10,12,16H,6-9,11,19H2,1-2H3/t16-/m0/s1. The zero-order chi connectivity index (χ0) is 17.0. The Balaban J connectivity index is 1.86. The third-order valence-electron chi connectivity index (χ3n) is 4.19. The quantitative estimate of drug-likeness (QED) is 0.906. The fourth-order valence-electron chi connectivity index (χ4n) is 2.61. The molecule has 1 aliphatic rings. The van der Waals surface area contributed by atoms with E-state index in [0.717, 1.165) is 5.56 Å². The van der Waals surface area contributed by atoms with Crippen molar-refractivity contribution in [3.8, 4) is 0 Å². The van der Waals surface area contributed by atoms with Gasteiger partial charge in [-0.15, -0.1) is 0 Å². The Kier molecular flexibility index (Phi) is 6.02. The van der Waals surface area contributed by atoms with Crippen molar-refractivity contribution in [2.75, 3.05) is 26.2 Å². The summed E-state index contributed by atoms with van der Waals surface area (Å²) in [5.74, 6) is 0.152. The maximum atomic E-state index is 12.4. The highest BCUT2D eigenvalue weighted by molar-refractivity contribution is 6.30. The second-order valence-corrected chi connectivity index (χ2v) is 6.72. The van der Waals surface area contributed by atoms with Crippen LogP contribution in [0, 0.1) is 5.92 Å². The number of benzene rings is 1. The minimum Gasteiger partial charge on any atom is -0.339 e. The Morgan fingerprint density at radius 2 is 1.78 bits per heavy atom. The average Bonchev–Trinajstić information content (AvgIpc) is 2.53. The molecule has 1 heterocycles. The van der Waals surface area contributed by atoms with Gasteiger partial charge < -0.3 is 15.5 Å². The molecular weight excluding hydrogens is 314 g/mol. The second kappa shape index (κ2) is 7.79. The number of rotatable bonds is 4. The molecule has 1 aromatic rings. The average molecular weight is 338 g/mol. The van der Waals surface area contributed by atoms with Crippen molar-refractivity contribution in [2.24, 2.45) is 11.7 Å². The molecule has 0 radical (unpaired) electrons. The van der Waals surface area contributed by atoms with E-state index in [4.69, 9.17) is 17.3 Å². The number of halogens is 1. The van der Waals surface area contributed by atoms with Crippen molar-refractivity contribution in [2.45, 2.75) is 26.3 Å². The highest BCUT2D eigenvalue weighted by Crippen LogP contribution is 2.13. The highest BCUT2D eigenvalue weighted by atomic mass is 35.5. The van der Waals surface area contributed by atoms with Gasteiger partial charge >= 0.3 is 0 Å². The predicted octanol–water partition coefficient (Wildman–Crippen LogP) is 1.54. The number of hydrogen-bond acceptors (Lipinski definition) is 3. The summed E-state index contributed by atoms with van der Waals surface area (Å²) in [4.78, 5) is 28.1. The molecule has 1 fully saturated rings. The number of amides is 2. The minimum atomic E-state index is -0.469. The molecule has 5 nitrogen and oxygen atoms in total. The van der Waals surface area contributed by atoms with Crippen LogP contribution >= 0.6 is 11.6 Å². The lowest BCUT2D eigenvalue weighted by molar-refractivity contribution is -0.140. The van der Waals surface area contributed by atoms with E-state index >= 15 is 0 Å². The van der Waals surface area contributed by atoms with E-state index in [1.165, 1.54) is 0 Å². The molecule has 0 aliphatic carbocycles. The largest absolute Gasteiger partial charge is 0.339 e. The first-order valence-electron chi connectivity index (χ1n) is 7.95. The van der Waals surface area contributed by atoms with Gasteiger partial charge in [0, 0.05) is 31.2 Å². The Morgan fingerprint density at radius 1 is 1.17 bits per heavy atom. The molecule has 126 valence electrons. The molecule has 1 atom stereocenters. The number of nitrogens with two attached hydrogens (primary N) is 1. The van der Waals surface area contributed by atoms with E-state index in [2.05, 4.69) is 0 Å². The summed E-state index contributed by atoms with van der Waals surface area (Å²) in [6.45, 7) is 6.06. The van der Waals surface area contributed by atoms with Crippen molar-refractivity contribution in [1.82, 2.24) is 9.80 Å². The monoisotopic (exact) mass is 337 g/mol. The molecule has 2 amide bonds. The van der Waals surface area contributed by atoms with E-state index in [-0.39, 0.29) is 17.7 Å². The van der Waals surface area contributed by atoms with Crippen LogP contribution in [-0.2, 0) is 16.0 Å². The first-order valence-corrected chi connectivity index (χ1v) is 8.33. The topological polar surface area (TPSA) is 66.6 Å². The van der Waals surface area contributed by atoms with Crippen LogP contribution in [0.3, 0.4) is 0 Å². The van der Waals surface area contributed by atoms with Gasteiger partial charge in [-0.25, -0.2) is 0 Å². The summed E-state index contributed by atoms with van der Waals surface area (Å²) in [5, 5.41) is 0.633. The lowest BCUT2D eigenvalue weighted by Gasteiger charge is -2.36. The van der Waals surface area contributed by atoms with Crippen molar-refractivity contribution in [3.05, 3.63) is 34.9 Å². The van der Waals surface area contributed by atoms with Gasteiger partial charge in [0.15, 0.2) is 0 Å². The Bertz CT molecular complexity index is 569. The summed E-state index contributed by atoms with van der Waals surface area (Å²) in [6.07, 6.45) is 0.333. The summed E-state index contributed by atoms with van der Waals surface area (Å²) < 4.78 is 0. The van der Waals surface area contributed by atoms with Crippen molar-refractivity contribution < 1.29 is 9.59 Å². The smallest absolute Gasteiger partial charge is 0.239 e. The first-order chi connectivity index (χ1) is 10.9. The number of carbonyl (C=O) groups is 2. The van der Waals surface area contributed by atoms with Crippen LogP contribution in [0.15, 0.2) is 24.3 Å². The highest BCUT2D eigenvalue weighted by Gasteiger charge is 2.28. The van der Waals surface area contributed by atoms with Crippen LogP contribution < -0.4 is 5.73 Å². The van der Waals surface area contributed by atoms with E-state index in [0.29, 0.717) is 37.6 Å². The van der Waals surface area contributed by atoms with E-state index < -0.39 is 6.04 Å². The molecule has 0 saturated carbocycles. The van der Waals surface area contributed by atoms with E-state index in [9.17, 15) is 9.59 Å². The van der Waals surface area contributed by atoms with Gasteiger partial charge in [0.1, 0.15) is 0 Å². The maximum Gasteiger partial charge on any atom is 0.239 e. The van der Waals surface area contributed by atoms with Gasteiger partial charge in [-0.05, 0) is 23.6 Å². The minimum absolute atomic E-state index is 0.0260. The molecule has 0 spiro atoms. The SMILES string of the molecule is CC(C)[C@H](N)C(=O)N1CCN(C(=O)Cc2cccc(Cl)c2)CC1. The molecule has 1 saturated heterocycles. The molecular formula is C17H24ClN3O2. The van der Waals surface area contributed by atoms with Crippen molar-refractivity contribution >= 4 is 23.4 Å². The van der Waals surface area contributed by atoms with Gasteiger partial charge in [0.05, 0.1) is 12.5 Å². The lowest BCUT2D eigenvalue weighted by Crippen LogP contribution is -2.55. The summed E-state index contributed by atoms with van der Waals surface area (Å²) in [6, 6.07) is 6.86. The third-order valence-corrected chi connectivity index (χ3v) is 4.43. The molecule has 2 rings (SSSR count). The summed E-state index contributed by atoms with van der Waals surface area (Å²) in [7, 11) is 0. The van der Waals surface area contributed by atoms with Crippen LogP contribution in [0.25, 0.3) is 0 Å². The van der Waals surface area contributed by atoms with Crippen molar-refractivity contribution in [3.63, 3.8) is 0 Å². The molecule has 23 heavy (non-hydrogen) atoms. The molecule has 0 aromatic heterocycles. The Labute approximate surface area is 142 Å². The molecule has 1 aliphatic heterocycles. The Hall–Kier alpha value is -1.59. The van der Waals surface area contributed by atoms with Crippen LogP contribution in [0.1, 0.15) is 19.4 Å². The zero-order valence-corrected chi connectivity index (χ0v) is 14.4. The third kappa shape index (κ3) is 4.69. The lowest BCUT2D eigenvalue weighted by atomic mass is 10.0. The van der Waals surface area contributed by atoms with Gasteiger partial charge in [-0.3, -0.25) is 9.59 Å². The molecule has 1 aromatic carbocycles. The normalized spacial score (nSPS) is 16.6. The fraction of sp³-hybridized carbons (Fsp3) is 0.529. The van der Waals surface area contributed by atoms with Crippen LogP contribution in [-0.4, -0.2) is 53.8 Å². The van der Waals surface area contributed by atoms with Crippen LogP contribution in [0.4, 0.5) is 0 Å². The van der Waals surface area contributed by atoms with Gasteiger partial charge in [-0.2, -0.15) is 0 Å². The van der Waals surface area contributed by atoms with Gasteiger partial charge in [-0.1, -0.05) is 37.6 Å². The van der Waals surface area contributed by atoms with Crippen molar-refractivity contribution in [1.29, 1.82) is 0 Å². The molecule has 6 heteroatoms. The predicted molar refractivity (Wildman–Crippen MR) is 91.1 cm³/mol. The number of carbonyl (C=O) groups excluding carboxylic acids is 2. The fourth-order valence-corrected chi connectivity index (χ4v) is 2.82.